The molecule has 0 fully saturated rings. The van der Waals surface area contributed by atoms with Crippen LogP contribution in [0.15, 0.2) is 29.2 Å². The first kappa shape index (κ1) is 19.4. The second-order valence-electron chi connectivity index (χ2n) is 4.93. The summed E-state index contributed by atoms with van der Waals surface area (Å²) >= 11 is 0. The van der Waals surface area contributed by atoms with Gasteiger partial charge in [0.2, 0.25) is 10.0 Å². The number of rotatable bonds is 6. The summed E-state index contributed by atoms with van der Waals surface area (Å²) in [6, 6.07) is 4.34. The van der Waals surface area contributed by atoms with Crippen molar-refractivity contribution in [2.75, 3.05) is 20.1 Å². The van der Waals surface area contributed by atoms with Crippen molar-refractivity contribution in [1.82, 2.24) is 9.62 Å². The van der Waals surface area contributed by atoms with Gasteiger partial charge in [-0.1, -0.05) is 6.07 Å². The van der Waals surface area contributed by atoms with Gasteiger partial charge in [-0.2, -0.15) is 17.5 Å². The largest absolute Gasteiger partial charge is 0.405 e. The molecule has 23 heavy (non-hydrogen) atoms. The summed E-state index contributed by atoms with van der Waals surface area (Å²) in [5.41, 5.74) is 5.25. The highest BCUT2D eigenvalue weighted by Gasteiger charge is 2.29. The second-order valence-corrected chi connectivity index (χ2v) is 6.93. The van der Waals surface area contributed by atoms with Crippen molar-refractivity contribution in [3.63, 3.8) is 0 Å². The molecule has 1 rings (SSSR count). The minimum Gasteiger partial charge on any atom is -0.343 e. The van der Waals surface area contributed by atoms with E-state index in [1.807, 2.05) is 0 Å². The van der Waals surface area contributed by atoms with Gasteiger partial charge in [-0.15, -0.1) is 0 Å². The number of sulfonamides is 1. The monoisotopic (exact) mass is 353 g/mol. The fraction of sp³-hybridized carbons (Fsp3) is 0.462. The zero-order chi connectivity index (χ0) is 17.8. The molecule has 1 unspecified atom stereocenters. The minimum absolute atomic E-state index is 0.0987. The first-order valence-corrected chi connectivity index (χ1v) is 8.06. The molecule has 3 N–H and O–H groups in total. The van der Waals surface area contributed by atoms with Crippen molar-refractivity contribution < 1.29 is 26.4 Å². The third-order valence-corrected chi connectivity index (χ3v) is 5.15. The molecule has 0 saturated heterocycles. The number of hydrogen-bond acceptors (Lipinski definition) is 4. The quantitative estimate of drug-likeness (QED) is 0.796. The maximum absolute atomic E-state index is 12.4. The molecule has 0 spiro atoms. The predicted molar refractivity (Wildman–Crippen MR) is 78.3 cm³/mol. The zero-order valence-corrected chi connectivity index (χ0v) is 13.4. The van der Waals surface area contributed by atoms with E-state index in [2.05, 4.69) is 0 Å². The lowest BCUT2D eigenvalue weighted by Crippen LogP contribution is -2.39. The van der Waals surface area contributed by atoms with Crippen molar-refractivity contribution >= 4 is 15.9 Å². The molecule has 10 heteroatoms. The first-order valence-electron chi connectivity index (χ1n) is 6.62. The number of carbonyl (C=O) groups excluding carboxylic acids is 1. The molecule has 0 radical (unpaired) electrons. The van der Waals surface area contributed by atoms with Crippen LogP contribution in [0.1, 0.15) is 17.3 Å². The number of hydrogen-bond donors (Lipinski definition) is 2. The predicted octanol–water partition coefficient (Wildman–Crippen LogP) is 0.946. The molecule has 130 valence electrons. The van der Waals surface area contributed by atoms with Crippen LogP contribution in [0.25, 0.3) is 0 Å². The Bertz CT molecular complexity index is 662. The van der Waals surface area contributed by atoms with E-state index in [0.717, 1.165) is 10.4 Å². The molecule has 0 heterocycles. The maximum Gasteiger partial charge on any atom is 0.405 e. The zero-order valence-electron chi connectivity index (χ0n) is 12.6. The molecule has 1 aromatic carbocycles. The van der Waals surface area contributed by atoms with Crippen LogP contribution in [0.3, 0.4) is 0 Å². The molecule has 0 bridgehead atoms. The molecule has 0 aromatic heterocycles. The fourth-order valence-corrected chi connectivity index (χ4v) is 3.05. The van der Waals surface area contributed by atoms with Crippen molar-refractivity contribution in [1.29, 1.82) is 0 Å². The van der Waals surface area contributed by atoms with E-state index < -0.39 is 34.7 Å². The summed E-state index contributed by atoms with van der Waals surface area (Å²) in [6.45, 7) is 0.214. The van der Waals surface area contributed by atoms with Crippen molar-refractivity contribution in [2.24, 2.45) is 5.73 Å². The van der Waals surface area contributed by atoms with Gasteiger partial charge in [-0.3, -0.25) is 4.79 Å². The lowest BCUT2D eigenvalue weighted by molar-refractivity contribution is -0.123. The van der Waals surface area contributed by atoms with Crippen molar-refractivity contribution in [3.8, 4) is 0 Å². The Kier molecular flexibility index (Phi) is 6.14. The van der Waals surface area contributed by atoms with E-state index >= 15 is 0 Å². The van der Waals surface area contributed by atoms with Crippen LogP contribution >= 0.6 is 0 Å². The number of carbonyl (C=O) groups is 1. The molecule has 0 aliphatic heterocycles. The Hall–Kier alpha value is -1.65. The molecule has 1 amide bonds. The van der Waals surface area contributed by atoms with Crippen LogP contribution in [0.2, 0.25) is 0 Å². The third kappa shape index (κ3) is 5.19. The Morgan fingerprint density at radius 1 is 1.39 bits per heavy atom. The smallest absolute Gasteiger partial charge is 0.343 e. The average Bonchev–Trinajstić information content (AvgIpc) is 2.50. The lowest BCUT2D eigenvalue weighted by Gasteiger charge is -2.23. The van der Waals surface area contributed by atoms with Gasteiger partial charge < -0.3 is 11.1 Å². The van der Waals surface area contributed by atoms with E-state index in [1.165, 1.54) is 25.2 Å². The lowest BCUT2D eigenvalue weighted by atomic mass is 10.2. The average molecular weight is 353 g/mol. The van der Waals surface area contributed by atoms with Crippen molar-refractivity contribution in [3.05, 3.63) is 29.8 Å². The van der Waals surface area contributed by atoms with E-state index in [1.54, 1.807) is 12.2 Å². The number of amides is 1. The van der Waals surface area contributed by atoms with Gasteiger partial charge in [0.15, 0.2) is 0 Å². The Labute approximate surface area is 132 Å². The van der Waals surface area contributed by atoms with E-state index in [-0.39, 0.29) is 17.0 Å². The number of nitrogens with one attached hydrogen (secondary N) is 1. The van der Waals surface area contributed by atoms with Gasteiger partial charge in [0.1, 0.15) is 6.54 Å². The molecule has 0 saturated carbocycles. The number of alkyl halides is 3. The highest BCUT2D eigenvalue weighted by molar-refractivity contribution is 7.89. The Balaban J connectivity index is 3.03. The van der Waals surface area contributed by atoms with Crippen LogP contribution in [-0.2, 0) is 10.0 Å². The number of halogens is 3. The SMILES string of the molecule is CC(CN)N(C)S(=O)(=O)c1cccc(C(=O)NCC(F)(F)F)c1. The highest BCUT2D eigenvalue weighted by Crippen LogP contribution is 2.18. The number of nitrogens with two attached hydrogens (primary N) is 1. The van der Waals surface area contributed by atoms with E-state index in [0.29, 0.717) is 0 Å². The molecule has 1 aromatic rings. The summed E-state index contributed by atoms with van der Waals surface area (Å²) in [4.78, 5) is 11.5. The maximum atomic E-state index is 12.4. The Morgan fingerprint density at radius 2 is 2.00 bits per heavy atom. The third-order valence-electron chi connectivity index (χ3n) is 3.18. The Morgan fingerprint density at radius 3 is 2.52 bits per heavy atom. The van der Waals surface area contributed by atoms with Crippen LogP contribution in [0, 0.1) is 0 Å². The molecule has 6 nitrogen and oxygen atoms in total. The molecule has 0 aliphatic rings. The van der Waals surface area contributed by atoms with Gasteiger partial charge in [-0.05, 0) is 25.1 Å². The van der Waals surface area contributed by atoms with Gasteiger partial charge in [0, 0.05) is 25.2 Å². The second kappa shape index (κ2) is 7.28. The number of benzene rings is 1. The summed E-state index contributed by atoms with van der Waals surface area (Å²) in [5.74, 6) is -1.01. The fourth-order valence-electron chi connectivity index (χ4n) is 1.63. The summed E-state index contributed by atoms with van der Waals surface area (Å²) in [6.07, 6.45) is -4.55. The van der Waals surface area contributed by atoms with E-state index in [9.17, 15) is 26.4 Å². The van der Waals surface area contributed by atoms with Crippen LogP contribution < -0.4 is 11.1 Å². The van der Waals surface area contributed by atoms with Crippen LogP contribution in [0.4, 0.5) is 13.2 Å². The molecule has 0 aliphatic carbocycles. The summed E-state index contributed by atoms with van der Waals surface area (Å²) in [7, 11) is -2.56. The van der Waals surface area contributed by atoms with Gasteiger partial charge in [0.05, 0.1) is 4.90 Å². The van der Waals surface area contributed by atoms with E-state index in [4.69, 9.17) is 5.73 Å². The summed E-state index contributed by atoms with van der Waals surface area (Å²) < 4.78 is 62.1. The normalized spacial score (nSPS) is 13.9. The standard InChI is InChI=1S/C13H18F3N3O3S/c1-9(7-17)19(2)23(21,22)11-5-3-4-10(6-11)12(20)18-8-13(14,15)16/h3-6,9H,7-8,17H2,1-2H3,(H,18,20). The highest BCUT2D eigenvalue weighted by atomic mass is 32.2. The minimum atomic E-state index is -4.55. The van der Waals surface area contributed by atoms with Crippen LogP contribution in [-0.4, -0.2) is 51.0 Å². The molecular formula is C13H18F3N3O3S. The molecular weight excluding hydrogens is 335 g/mol. The van der Waals surface area contributed by atoms with Gasteiger partial charge in [-0.25, -0.2) is 8.42 Å². The number of nitrogens with zero attached hydrogens (tertiary/aromatic N) is 1. The van der Waals surface area contributed by atoms with Crippen LogP contribution in [0.5, 0.6) is 0 Å². The van der Waals surface area contributed by atoms with Crippen molar-refractivity contribution in [2.45, 2.75) is 24.0 Å². The molecule has 1 atom stereocenters. The van der Waals surface area contributed by atoms with Gasteiger partial charge in [0.25, 0.3) is 5.91 Å². The number of likely N-dealkylation sites (N-methyl/N-ethyl adjacent to an activating group) is 1. The van der Waals surface area contributed by atoms with Gasteiger partial charge >= 0.3 is 6.18 Å². The topological polar surface area (TPSA) is 92.5 Å². The first-order chi connectivity index (χ1) is 10.5. The summed E-state index contributed by atoms with van der Waals surface area (Å²) in [5, 5.41) is 1.69.